The maximum absolute atomic E-state index is 4.98. The van der Waals surface area contributed by atoms with E-state index in [-0.39, 0.29) is 6.01 Å². The maximum Gasteiger partial charge on any atom is 0.322 e. The first-order valence-corrected chi connectivity index (χ1v) is 5.72. The van der Waals surface area contributed by atoms with Gasteiger partial charge in [-0.05, 0) is 0 Å². The van der Waals surface area contributed by atoms with E-state index in [2.05, 4.69) is 35.7 Å². The van der Waals surface area contributed by atoms with Crippen LogP contribution in [0.5, 0.6) is 6.01 Å². The summed E-state index contributed by atoms with van der Waals surface area (Å²) in [6, 6.07) is 0.247. The molecule has 0 radical (unpaired) electrons. The Morgan fingerprint density at radius 1 is 1.16 bits per heavy atom. The van der Waals surface area contributed by atoms with Gasteiger partial charge >= 0.3 is 6.01 Å². The standard InChI is InChI=1S/C10H15N7O2/c1-6-13-7(17-19-6)4-5-12-9-14-8(11-2)15-10(16-9)18-3/h4-5H2,1-3H3,(H2,11,12,14,15,16). The molecule has 0 fully saturated rings. The summed E-state index contributed by atoms with van der Waals surface area (Å²) in [5, 5.41) is 9.68. The second-order valence-corrected chi connectivity index (χ2v) is 3.63. The molecule has 2 heterocycles. The summed E-state index contributed by atoms with van der Waals surface area (Å²) < 4.78 is 9.86. The molecule has 0 spiro atoms. The fourth-order valence-corrected chi connectivity index (χ4v) is 1.37. The van der Waals surface area contributed by atoms with Gasteiger partial charge in [-0.25, -0.2) is 0 Å². The molecule has 9 nitrogen and oxygen atoms in total. The quantitative estimate of drug-likeness (QED) is 0.759. The molecule has 19 heavy (non-hydrogen) atoms. The SMILES string of the molecule is CNc1nc(NCCc2noc(C)n2)nc(OC)n1. The minimum absolute atomic E-state index is 0.247. The molecule has 0 bridgehead atoms. The van der Waals surface area contributed by atoms with E-state index in [1.165, 1.54) is 7.11 Å². The minimum Gasteiger partial charge on any atom is -0.467 e. The Labute approximate surface area is 109 Å². The molecular weight excluding hydrogens is 250 g/mol. The van der Waals surface area contributed by atoms with Crippen molar-refractivity contribution in [1.82, 2.24) is 25.1 Å². The van der Waals surface area contributed by atoms with Gasteiger partial charge in [0.05, 0.1) is 7.11 Å². The molecule has 0 aromatic carbocycles. The third-order valence-corrected chi connectivity index (χ3v) is 2.22. The Morgan fingerprint density at radius 2 is 1.95 bits per heavy atom. The summed E-state index contributed by atoms with van der Waals surface area (Å²) in [6.45, 7) is 2.33. The lowest BCUT2D eigenvalue weighted by Gasteiger charge is -2.06. The van der Waals surface area contributed by atoms with Gasteiger partial charge in [0.1, 0.15) is 0 Å². The van der Waals surface area contributed by atoms with Gasteiger partial charge < -0.3 is 19.9 Å². The molecule has 2 rings (SSSR count). The number of anilines is 2. The lowest BCUT2D eigenvalue weighted by Crippen LogP contribution is -2.11. The summed E-state index contributed by atoms with van der Waals surface area (Å²) in [7, 11) is 3.22. The zero-order chi connectivity index (χ0) is 13.7. The third-order valence-electron chi connectivity index (χ3n) is 2.22. The first kappa shape index (κ1) is 13.0. The van der Waals surface area contributed by atoms with Crippen LogP contribution in [-0.2, 0) is 6.42 Å². The van der Waals surface area contributed by atoms with E-state index in [9.17, 15) is 0 Å². The van der Waals surface area contributed by atoms with E-state index in [1.54, 1.807) is 14.0 Å². The molecule has 0 atom stereocenters. The van der Waals surface area contributed by atoms with Crippen molar-refractivity contribution in [3.63, 3.8) is 0 Å². The zero-order valence-electron chi connectivity index (χ0n) is 11.0. The largest absolute Gasteiger partial charge is 0.467 e. The number of rotatable bonds is 6. The summed E-state index contributed by atoms with van der Waals surface area (Å²) in [6.07, 6.45) is 0.611. The molecule has 9 heteroatoms. The van der Waals surface area contributed by atoms with Crippen molar-refractivity contribution in [3.8, 4) is 6.01 Å². The Kier molecular flexibility index (Phi) is 4.06. The molecule has 0 aliphatic carbocycles. The third kappa shape index (κ3) is 3.50. The molecule has 0 aliphatic heterocycles. The van der Waals surface area contributed by atoms with Gasteiger partial charge in [-0.3, -0.25) is 0 Å². The van der Waals surface area contributed by atoms with Crippen molar-refractivity contribution in [2.24, 2.45) is 0 Å². The van der Waals surface area contributed by atoms with E-state index in [0.717, 1.165) is 0 Å². The highest BCUT2D eigenvalue weighted by atomic mass is 16.5. The summed E-state index contributed by atoms with van der Waals surface area (Å²) in [5.41, 5.74) is 0. The van der Waals surface area contributed by atoms with E-state index >= 15 is 0 Å². The molecular formula is C10H15N7O2. The molecule has 0 aliphatic rings. The Bertz CT molecular complexity index is 520. The normalized spacial score (nSPS) is 10.3. The van der Waals surface area contributed by atoms with Crippen molar-refractivity contribution >= 4 is 11.9 Å². The predicted molar refractivity (Wildman–Crippen MR) is 67.2 cm³/mol. The number of aromatic nitrogens is 5. The van der Waals surface area contributed by atoms with Crippen LogP contribution >= 0.6 is 0 Å². The zero-order valence-corrected chi connectivity index (χ0v) is 11.0. The van der Waals surface area contributed by atoms with Gasteiger partial charge in [0.15, 0.2) is 5.82 Å². The molecule has 0 saturated carbocycles. The average Bonchev–Trinajstić information content (AvgIpc) is 2.84. The maximum atomic E-state index is 4.98. The monoisotopic (exact) mass is 265 g/mol. The number of hydrogen-bond acceptors (Lipinski definition) is 9. The highest BCUT2D eigenvalue weighted by Crippen LogP contribution is 2.10. The highest BCUT2D eigenvalue weighted by Gasteiger charge is 2.06. The van der Waals surface area contributed by atoms with Crippen LogP contribution in [0.4, 0.5) is 11.9 Å². The number of aryl methyl sites for hydroxylation is 1. The molecule has 2 aromatic heterocycles. The van der Waals surface area contributed by atoms with Crippen LogP contribution < -0.4 is 15.4 Å². The number of nitrogens with one attached hydrogen (secondary N) is 2. The van der Waals surface area contributed by atoms with E-state index in [1.807, 2.05) is 0 Å². The lowest BCUT2D eigenvalue weighted by molar-refractivity contribution is 0.379. The van der Waals surface area contributed by atoms with E-state index in [0.29, 0.717) is 36.6 Å². The summed E-state index contributed by atoms with van der Waals surface area (Å²) in [5.74, 6) is 2.05. The smallest absolute Gasteiger partial charge is 0.322 e. The van der Waals surface area contributed by atoms with Gasteiger partial charge in [-0.2, -0.15) is 19.9 Å². The Morgan fingerprint density at radius 3 is 2.58 bits per heavy atom. The molecule has 2 aromatic rings. The van der Waals surface area contributed by atoms with Gasteiger partial charge in [-0.15, -0.1) is 0 Å². The van der Waals surface area contributed by atoms with Crippen molar-refractivity contribution in [2.45, 2.75) is 13.3 Å². The average molecular weight is 265 g/mol. The van der Waals surface area contributed by atoms with Crippen LogP contribution in [0.1, 0.15) is 11.7 Å². The van der Waals surface area contributed by atoms with Gasteiger partial charge in [0.2, 0.25) is 17.8 Å². The van der Waals surface area contributed by atoms with Crippen molar-refractivity contribution in [3.05, 3.63) is 11.7 Å². The van der Waals surface area contributed by atoms with Gasteiger partial charge in [-0.1, -0.05) is 5.16 Å². The predicted octanol–water partition coefficient (Wildman–Crippen LogP) is 0.268. The Hall–Kier alpha value is -2.45. The summed E-state index contributed by atoms with van der Waals surface area (Å²) >= 11 is 0. The van der Waals surface area contributed by atoms with Crippen LogP contribution in [0, 0.1) is 6.92 Å². The van der Waals surface area contributed by atoms with Crippen LogP contribution in [0.25, 0.3) is 0 Å². The summed E-state index contributed by atoms with van der Waals surface area (Å²) in [4.78, 5) is 16.3. The fourth-order valence-electron chi connectivity index (χ4n) is 1.37. The molecule has 102 valence electrons. The van der Waals surface area contributed by atoms with Crippen molar-refractivity contribution < 1.29 is 9.26 Å². The first-order chi connectivity index (χ1) is 9.21. The first-order valence-electron chi connectivity index (χ1n) is 5.72. The highest BCUT2D eigenvalue weighted by molar-refractivity contribution is 5.35. The van der Waals surface area contributed by atoms with E-state index < -0.39 is 0 Å². The number of hydrogen-bond donors (Lipinski definition) is 2. The topological polar surface area (TPSA) is 111 Å². The van der Waals surface area contributed by atoms with Crippen LogP contribution in [-0.4, -0.2) is 45.8 Å². The number of ether oxygens (including phenoxy) is 1. The van der Waals surface area contributed by atoms with Crippen LogP contribution in [0.15, 0.2) is 4.52 Å². The molecule has 0 saturated heterocycles. The molecule has 2 N–H and O–H groups in total. The minimum atomic E-state index is 0.247. The lowest BCUT2D eigenvalue weighted by atomic mass is 10.4. The second kappa shape index (κ2) is 5.94. The van der Waals surface area contributed by atoms with Gasteiger partial charge in [0.25, 0.3) is 0 Å². The van der Waals surface area contributed by atoms with Crippen LogP contribution in [0.2, 0.25) is 0 Å². The molecule has 0 amide bonds. The van der Waals surface area contributed by atoms with Crippen molar-refractivity contribution in [1.29, 1.82) is 0 Å². The van der Waals surface area contributed by atoms with E-state index in [4.69, 9.17) is 9.26 Å². The van der Waals surface area contributed by atoms with Gasteiger partial charge in [0, 0.05) is 26.9 Å². The fraction of sp³-hybridized carbons (Fsp3) is 0.500. The molecule has 0 unspecified atom stereocenters. The second-order valence-electron chi connectivity index (χ2n) is 3.63. The van der Waals surface area contributed by atoms with Crippen LogP contribution in [0.3, 0.4) is 0 Å². The number of methoxy groups -OCH3 is 1. The van der Waals surface area contributed by atoms with Crippen molar-refractivity contribution in [2.75, 3.05) is 31.3 Å². The number of nitrogens with zero attached hydrogens (tertiary/aromatic N) is 5. The Balaban J connectivity index is 1.95.